The van der Waals surface area contributed by atoms with Crippen LogP contribution < -0.4 is 11.1 Å². The van der Waals surface area contributed by atoms with Crippen molar-refractivity contribution < 1.29 is 10.3 Å². The molecule has 0 rings (SSSR count). The molecule has 0 aliphatic rings. The van der Waals surface area contributed by atoms with Gasteiger partial charge in [-0.25, -0.2) is 0 Å². The number of amidine groups is 1. The molecule has 1 unspecified atom stereocenters. The number of oxime groups is 1. The highest BCUT2D eigenvalue weighted by atomic mass is 16.4. The summed E-state index contributed by atoms with van der Waals surface area (Å²) in [5.41, 5.74) is 5.33. The third-order valence-electron chi connectivity index (χ3n) is 2.28. The monoisotopic (exact) mass is 217 g/mol. The highest BCUT2D eigenvalue weighted by Gasteiger charge is 1.99. The van der Waals surface area contributed by atoms with Gasteiger partial charge in [0.1, 0.15) is 5.84 Å². The first kappa shape index (κ1) is 14.2. The molecule has 5 heteroatoms. The standard InChI is InChI=1S/C10H23N3O2/c1-9(5-7-14)8-12-6-3-2-4-10(11)13-15/h9,12,14-15H,2-8H2,1H3,(H2,11,13). The lowest BCUT2D eigenvalue weighted by molar-refractivity contribution is 0.260. The van der Waals surface area contributed by atoms with Crippen LogP contribution in [0.2, 0.25) is 0 Å². The fourth-order valence-corrected chi connectivity index (χ4v) is 1.28. The van der Waals surface area contributed by atoms with Crippen molar-refractivity contribution in [2.45, 2.75) is 32.6 Å². The van der Waals surface area contributed by atoms with Gasteiger partial charge in [-0.05, 0) is 38.3 Å². The van der Waals surface area contributed by atoms with Gasteiger partial charge in [0.2, 0.25) is 0 Å². The molecule has 5 nitrogen and oxygen atoms in total. The number of aliphatic hydroxyl groups is 1. The molecule has 0 saturated heterocycles. The van der Waals surface area contributed by atoms with Gasteiger partial charge in [0.15, 0.2) is 0 Å². The lowest BCUT2D eigenvalue weighted by atomic mass is 10.1. The molecular formula is C10H23N3O2. The minimum Gasteiger partial charge on any atom is -0.409 e. The van der Waals surface area contributed by atoms with E-state index in [2.05, 4.69) is 17.4 Å². The summed E-state index contributed by atoms with van der Waals surface area (Å²) in [5.74, 6) is 0.808. The SMILES string of the molecule is CC(CCO)CNCCCCC(N)=NO. The summed E-state index contributed by atoms with van der Waals surface area (Å²) in [6, 6.07) is 0. The van der Waals surface area contributed by atoms with E-state index in [1.165, 1.54) is 0 Å². The smallest absolute Gasteiger partial charge is 0.139 e. The van der Waals surface area contributed by atoms with Gasteiger partial charge in [-0.1, -0.05) is 12.1 Å². The second kappa shape index (κ2) is 9.73. The predicted molar refractivity (Wildman–Crippen MR) is 61.0 cm³/mol. The first-order valence-electron chi connectivity index (χ1n) is 5.48. The molecule has 1 atom stereocenters. The summed E-state index contributed by atoms with van der Waals surface area (Å²) in [5, 5.41) is 23.2. The van der Waals surface area contributed by atoms with E-state index in [4.69, 9.17) is 16.0 Å². The van der Waals surface area contributed by atoms with Crippen LogP contribution in [0, 0.1) is 5.92 Å². The topological polar surface area (TPSA) is 90.9 Å². The van der Waals surface area contributed by atoms with Crippen molar-refractivity contribution in [3.05, 3.63) is 0 Å². The Bertz CT molecular complexity index is 174. The van der Waals surface area contributed by atoms with Crippen LogP contribution in [0.15, 0.2) is 5.16 Å². The summed E-state index contributed by atoms with van der Waals surface area (Å²) in [4.78, 5) is 0. The first-order chi connectivity index (χ1) is 7.20. The Hall–Kier alpha value is -0.810. The van der Waals surface area contributed by atoms with Crippen molar-refractivity contribution in [3.63, 3.8) is 0 Å². The van der Waals surface area contributed by atoms with E-state index in [1.54, 1.807) is 0 Å². The van der Waals surface area contributed by atoms with Crippen molar-refractivity contribution in [2.75, 3.05) is 19.7 Å². The normalized spacial score (nSPS) is 14.1. The number of hydrogen-bond donors (Lipinski definition) is 4. The van der Waals surface area contributed by atoms with Crippen LogP contribution in [-0.2, 0) is 0 Å². The molecule has 90 valence electrons. The maximum Gasteiger partial charge on any atom is 0.139 e. The Balaban J connectivity index is 3.18. The average Bonchev–Trinajstić information content (AvgIpc) is 2.23. The summed E-state index contributed by atoms with van der Waals surface area (Å²) in [6.07, 6.45) is 3.43. The third-order valence-corrected chi connectivity index (χ3v) is 2.28. The van der Waals surface area contributed by atoms with Gasteiger partial charge in [-0.3, -0.25) is 0 Å². The summed E-state index contributed by atoms with van der Waals surface area (Å²) < 4.78 is 0. The molecule has 0 heterocycles. The highest BCUT2D eigenvalue weighted by molar-refractivity contribution is 5.79. The van der Waals surface area contributed by atoms with Crippen molar-refractivity contribution in [1.82, 2.24) is 5.32 Å². The minimum atomic E-state index is 0.256. The Morgan fingerprint density at radius 1 is 1.47 bits per heavy atom. The number of nitrogens with two attached hydrogens (primary N) is 1. The number of rotatable bonds is 9. The maximum absolute atomic E-state index is 8.69. The van der Waals surface area contributed by atoms with Crippen LogP contribution in [0.5, 0.6) is 0 Å². The van der Waals surface area contributed by atoms with Crippen molar-refractivity contribution in [3.8, 4) is 0 Å². The van der Waals surface area contributed by atoms with Crippen LogP contribution in [0.1, 0.15) is 32.6 Å². The Labute approximate surface area is 91.4 Å². The Morgan fingerprint density at radius 2 is 2.20 bits per heavy atom. The number of nitrogens with one attached hydrogen (secondary N) is 1. The zero-order valence-corrected chi connectivity index (χ0v) is 9.45. The number of hydrogen-bond acceptors (Lipinski definition) is 4. The number of nitrogens with zero attached hydrogens (tertiary/aromatic N) is 1. The van der Waals surface area contributed by atoms with E-state index in [1.807, 2.05) is 0 Å². The van der Waals surface area contributed by atoms with E-state index < -0.39 is 0 Å². The molecule has 15 heavy (non-hydrogen) atoms. The fraction of sp³-hybridized carbons (Fsp3) is 0.900. The summed E-state index contributed by atoms with van der Waals surface area (Å²) >= 11 is 0. The summed E-state index contributed by atoms with van der Waals surface area (Å²) in [7, 11) is 0. The molecule has 0 bridgehead atoms. The third kappa shape index (κ3) is 9.49. The minimum absolute atomic E-state index is 0.256. The van der Waals surface area contributed by atoms with Crippen molar-refractivity contribution in [2.24, 2.45) is 16.8 Å². The van der Waals surface area contributed by atoms with Crippen LogP contribution in [0.3, 0.4) is 0 Å². The summed E-state index contributed by atoms with van der Waals surface area (Å²) in [6.45, 7) is 4.24. The quantitative estimate of drug-likeness (QED) is 0.149. The molecule has 0 aromatic heterocycles. The van der Waals surface area contributed by atoms with Crippen molar-refractivity contribution in [1.29, 1.82) is 0 Å². The number of unbranched alkanes of at least 4 members (excludes halogenated alkanes) is 1. The largest absolute Gasteiger partial charge is 0.409 e. The molecule has 0 amide bonds. The Kier molecular flexibility index (Phi) is 9.21. The zero-order valence-electron chi connectivity index (χ0n) is 9.45. The van der Waals surface area contributed by atoms with Crippen LogP contribution in [0.4, 0.5) is 0 Å². The van der Waals surface area contributed by atoms with Gasteiger partial charge < -0.3 is 21.4 Å². The molecular weight excluding hydrogens is 194 g/mol. The van der Waals surface area contributed by atoms with Crippen LogP contribution >= 0.6 is 0 Å². The van der Waals surface area contributed by atoms with Crippen molar-refractivity contribution >= 4 is 5.84 Å². The fourth-order valence-electron chi connectivity index (χ4n) is 1.28. The number of aliphatic hydroxyl groups excluding tert-OH is 1. The van der Waals surface area contributed by atoms with Gasteiger partial charge >= 0.3 is 0 Å². The molecule has 0 aromatic rings. The molecule has 0 radical (unpaired) electrons. The average molecular weight is 217 g/mol. The molecule has 0 aliphatic carbocycles. The lowest BCUT2D eigenvalue weighted by Gasteiger charge is -2.10. The van der Waals surface area contributed by atoms with E-state index in [9.17, 15) is 0 Å². The van der Waals surface area contributed by atoms with Crippen LogP contribution in [0.25, 0.3) is 0 Å². The predicted octanol–water partition coefficient (Wildman–Crippen LogP) is 0.511. The van der Waals surface area contributed by atoms with E-state index in [0.29, 0.717) is 18.2 Å². The zero-order chi connectivity index (χ0) is 11.5. The Morgan fingerprint density at radius 3 is 2.80 bits per heavy atom. The molecule has 0 aromatic carbocycles. The van der Waals surface area contributed by atoms with Gasteiger partial charge in [0, 0.05) is 13.0 Å². The first-order valence-corrected chi connectivity index (χ1v) is 5.48. The van der Waals surface area contributed by atoms with Gasteiger partial charge in [-0.15, -0.1) is 0 Å². The highest BCUT2D eigenvalue weighted by Crippen LogP contribution is 1.98. The van der Waals surface area contributed by atoms with E-state index in [-0.39, 0.29) is 6.61 Å². The second-order valence-corrected chi connectivity index (χ2v) is 3.87. The van der Waals surface area contributed by atoms with Gasteiger partial charge in [-0.2, -0.15) is 0 Å². The molecule has 0 spiro atoms. The lowest BCUT2D eigenvalue weighted by Crippen LogP contribution is -2.23. The maximum atomic E-state index is 8.69. The molecule has 0 fully saturated rings. The van der Waals surface area contributed by atoms with Gasteiger partial charge in [0.25, 0.3) is 0 Å². The molecule has 0 saturated carbocycles. The molecule has 0 aliphatic heterocycles. The second-order valence-electron chi connectivity index (χ2n) is 3.87. The van der Waals surface area contributed by atoms with Gasteiger partial charge in [0.05, 0.1) is 0 Å². The molecule has 5 N–H and O–H groups in total. The van der Waals surface area contributed by atoms with Crippen LogP contribution in [-0.4, -0.2) is 35.8 Å². The van der Waals surface area contributed by atoms with E-state index in [0.717, 1.165) is 32.4 Å². The van der Waals surface area contributed by atoms with E-state index >= 15 is 0 Å².